The molecule has 0 bridgehead atoms. The van der Waals surface area contributed by atoms with Crippen molar-refractivity contribution >= 4 is 27.5 Å². The van der Waals surface area contributed by atoms with Crippen LogP contribution in [0.2, 0.25) is 0 Å². The highest BCUT2D eigenvalue weighted by molar-refractivity contribution is 7.89. The molecular formula is C20H20F2N6O2S. The first-order chi connectivity index (χ1) is 14.8. The van der Waals surface area contributed by atoms with Gasteiger partial charge in [0.2, 0.25) is 10.0 Å². The van der Waals surface area contributed by atoms with Crippen LogP contribution in [0, 0.1) is 18.6 Å². The highest BCUT2D eigenvalue weighted by Crippen LogP contribution is 2.24. The molecule has 1 aromatic carbocycles. The van der Waals surface area contributed by atoms with Crippen molar-refractivity contribution in [2.24, 2.45) is 0 Å². The standard InChI is InChI=1S/C20H20F2N6O2S/c1-14-24-19(26-18-4-2-3-7-23-18)13-20(25-14)27-8-10-28(11-9-27)31(29,30)17-12-15(21)5-6-16(17)22/h2-7,12-13H,8-11H2,1H3,(H,23,24,25,26). The lowest BCUT2D eigenvalue weighted by Gasteiger charge is -2.34. The molecule has 3 heterocycles. The summed E-state index contributed by atoms with van der Waals surface area (Å²) < 4.78 is 54.2. The van der Waals surface area contributed by atoms with Gasteiger partial charge in [0, 0.05) is 38.4 Å². The zero-order chi connectivity index (χ0) is 22.0. The Balaban J connectivity index is 1.49. The number of nitrogens with one attached hydrogen (secondary N) is 1. The zero-order valence-corrected chi connectivity index (χ0v) is 17.5. The van der Waals surface area contributed by atoms with E-state index in [9.17, 15) is 17.2 Å². The van der Waals surface area contributed by atoms with Gasteiger partial charge in [-0.15, -0.1) is 0 Å². The predicted molar refractivity (Wildman–Crippen MR) is 112 cm³/mol. The molecule has 8 nitrogen and oxygen atoms in total. The van der Waals surface area contributed by atoms with Crippen LogP contribution in [0.5, 0.6) is 0 Å². The van der Waals surface area contributed by atoms with Gasteiger partial charge in [-0.2, -0.15) is 4.31 Å². The van der Waals surface area contributed by atoms with Crippen molar-refractivity contribution in [1.29, 1.82) is 0 Å². The molecule has 0 unspecified atom stereocenters. The van der Waals surface area contributed by atoms with Gasteiger partial charge < -0.3 is 10.2 Å². The number of anilines is 3. The van der Waals surface area contributed by atoms with Crippen molar-refractivity contribution in [1.82, 2.24) is 19.3 Å². The molecule has 3 aromatic rings. The summed E-state index contributed by atoms with van der Waals surface area (Å²) in [6, 6.07) is 9.65. The minimum absolute atomic E-state index is 0.115. The number of benzene rings is 1. The first kappa shape index (κ1) is 21.1. The average Bonchev–Trinajstić information content (AvgIpc) is 2.76. The number of aromatic nitrogens is 3. The topological polar surface area (TPSA) is 91.3 Å². The van der Waals surface area contributed by atoms with Gasteiger partial charge in [0.15, 0.2) is 0 Å². The molecule has 0 aliphatic carbocycles. The molecule has 1 saturated heterocycles. The van der Waals surface area contributed by atoms with Crippen LogP contribution in [-0.2, 0) is 10.0 Å². The minimum Gasteiger partial charge on any atom is -0.354 e. The number of piperazine rings is 1. The number of rotatable bonds is 5. The predicted octanol–water partition coefficient (Wildman–Crippen LogP) is 2.71. The number of nitrogens with zero attached hydrogens (tertiary/aromatic N) is 5. The third-order valence-corrected chi connectivity index (χ3v) is 6.73. The number of hydrogen-bond donors (Lipinski definition) is 1. The van der Waals surface area contributed by atoms with Gasteiger partial charge in [-0.1, -0.05) is 6.07 Å². The van der Waals surface area contributed by atoms with E-state index >= 15 is 0 Å². The summed E-state index contributed by atoms with van der Waals surface area (Å²) >= 11 is 0. The Morgan fingerprint density at radius 3 is 2.45 bits per heavy atom. The molecule has 0 radical (unpaired) electrons. The quantitative estimate of drug-likeness (QED) is 0.644. The molecule has 162 valence electrons. The molecule has 1 N–H and O–H groups in total. The van der Waals surface area contributed by atoms with E-state index < -0.39 is 26.6 Å². The Labute approximate surface area is 178 Å². The maximum Gasteiger partial charge on any atom is 0.246 e. The van der Waals surface area contributed by atoms with E-state index in [-0.39, 0.29) is 13.1 Å². The Morgan fingerprint density at radius 1 is 0.968 bits per heavy atom. The monoisotopic (exact) mass is 446 g/mol. The summed E-state index contributed by atoms with van der Waals surface area (Å²) in [5.41, 5.74) is 0. The van der Waals surface area contributed by atoms with Gasteiger partial charge in [-0.3, -0.25) is 0 Å². The Bertz CT molecular complexity index is 1190. The van der Waals surface area contributed by atoms with E-state index in [2.05, 4.69) is 20.3 Å². The second-order valence-electron chi connectivity index (χ2n) is 6.96. The van der Waals surface area contributed by atoms with Gasteiger partial charge in [-0.25, -0.2) is 32.2 Å². The minimum atomic E-state index is -4.14. The highest BCUT2D eigenvalue weighted by Gasteiger charge is 2.31. The average molecular weight is 446 g/mol. The highest BCUT2D eigenvalue weighted by atomic mass is 32.2. The second kappa shape index (κ2) is 8.52. The summed E-state index contributed by atoms with van der Waals surface area (Å²) in [6.45, 7) is 2.68. The molecule has 4 rings (SSSR count). The lowest BCUT2D eigenvalue weighted by molar-refractivity contribution is 0.380. The van der Waals surface area contributed by atoms with Gasteiger partial charge in [0.25, 0.3) is 0 Å². The van der Waals surface area contributed by atoms with Crippen molar-refractivity contribution in [3.05, 3.63) is 66.1 Å². The smallest absolute Gasteiger partial charge is 0.246 e. The largest absolute Gasteiger partial charge is 0.354 e. The maximum atomic E-state index is 14.0. The van der Waals surface area contributed by atoms with E-state index in [1.807, 2.05) is 23.1 Å². The summed E-state index contributed by atoms with van der Waals surface area (Å²) in [7, 11) is -4.14. The molecule has 2 aromatic heterocycles. The second-order valence-corrected chi connectivity index (χ2v) is 8.87. The first-order valence-corrected chi connectivity index (χ1v) is 11.0. The number of hydrogen-bond acceptors (Lipinski definition) is 7. The zero-order valence-electron chi connectivity index (χ0n) is 16.7. The summed E-state index contributed by atoms with van der Waals surface area (Å²) in [4.78, 5) is 14.3. The van der Waals surface area contributed by atoms with Gasteiger partial charge in [0.05, 0.1) is 0 Å². The van der Waals surface area contributed by atoms with E-state index in [0.717, 1.165) is 16.4 Å². The molecule has 0 amide bonds. The molecule has 11 heteroatoms. The Hall–Kier alpha value is -3.18. The van der Waals surface area contributed by atoms with E-state index in [0.29, 0.717) is 42.4 Å². The van der Waals surface area contributed by atoms with Crippen molar-refractivity contribution in [2.75, 3.05) is 36.4 Å². The fourth-order valence-electron chi connectivity index (χ4n) is 3.32. The SMILES string of the molecule is Cc1nc(Nc2ccccn2)cc(N2CCN(S(=O)(=O)c3cc(F)ccc3F)CC2)n1. The third kappa shape index (κ3) is 4.62. The van der Waals surface area contributed by atoms with Crippen LogP contribution in [0.25, 0.3) is 0 Å². The fraction of sp³-hybridized carbons (Fsp3) is 0.250. The van der Waals surface area contributed by atoms with E-state index in [1.54, 1.807) is 19.2 Å². The maximum absolute atomic E-state index is 14.0. The van der Waals surface area contributed by atoms with Crippen LogP contribution in [0.15, 0.2) is 53.6 Å². The van der Waals surface area contributed by atoms with Crippen LogP contribution in [0.1, 0.15) is 5.82 Å². The lowest BCUT2D eigenvalue weighted by atomic mass is 10.3. The molecule has 1 fully saturated rings. The molecule has 1 aliphatic heterocycles. The van der Waals surface area contributed by atoms with Crippen LogP contribution in [0.3, 0.4) is 0 Å². The van der Waals surface area contributed by atoms with Crippen LogP contribution >= 0.6 is 0 Å². The molecule has 31 heavy (non-hydrogen) atoms. The van der Waals surface area contributed by atoms with Crippen LogP contribution in [-0.4, -0.2) is 53.9 Å². The molecule has 1 aliphatic rings. The van der Waals surface area contributed by atoms with Crippen molar-refractivity contribution in [2.45, 2.75) is 11.8 Å². The van der Waals surface area contributed by atoms with Crippen molar-refractivity contribution in [3.63, 3.8) is 0 Å². The molecule has 0 saturated carbocycles. The lowest BCUT2D eigenvalue weighted by Crippen LogP contribution is -2.49. The number of sulfonamides is 1. The Morgan fingerprint density at radius 2 is 1.74 bits per heavy atom. The van der Waals surface area contributed by atoms with Crippen LogP contribution in [0.4, 0.5) is 26.2 Å². The van der Waals surface area contributed by atoms with E-state index in [1.165, 1.54) is 0 Å². The molecule has 0 atom stereocenters. The summed E-state index contributed by atoms with van der Waals surface area (Å²) in [5.74, 6) is 0.619. The molecule has 0 spiro atoms. The molecular weight excluding hydrogens is 426 g/mol. The fourth-order valence-corrected chi connectivity index (χ4v) is 4.82. The van der Waals surface area contributed by atoms with Gasteiger partial charge in [0.1, 0.15) is 39.8 Å². The van der Waals surface area contributed by atoms with Crippen LogP contribution < -0.4 is 10.2 Å². The van der Waals surface area contributed by atoms with Crippen molar-refractivity contribution in [3.8, 4) is 0 Å². The van der Waals surface area contributed by atoms with Gasteiger partial charge in [-0.05, 0) is 37.3 Å². The third-order valence-electron chi connectivity index (χ3n) is 4.82. The van der Waals surface area contributed by atoms with Crippen molar-refractivity contribution < 1.29 is 17.2 Å². The normalized spacial score (nSPS) is 15.1. The summed E-state index contributed by atoms with van der Waals surface area (Å²) in [5, 5.41) is 3.12. The number of aryl methyl sites for hydroxylation is 1. The van der Waals surface area contributed by atoms with E-state index in [4.69, 9.17) is 0 Å². The summed E-state index contributed by atoms with van der Waals surface area (Å²) in [6.07, 6.45) is 1.67. The number of pyridine rings is 1. The first-order valence-electron chi connectivity index (χ1n) is 9.57. The Kier molecular flexibility index (Phi) is 5.79. The van der Waals surface area contributed by atoms with Gasteiger partial charge >= 0.3 is 0 Å². The number of halogens is 2.